The Morgan fingerprint density at radius 2 is 2.06 bits per heavy atom. The summed E-state index contributed by atoms with van der Waals surface area (Å²) in [6.45, 7) is 3.02. The Morgan fingerprint density at radius 1 is 1.31 bits per heavy atom. The van der Waals surface area contributed by atoms with E-state index in [4.69, 9.17) is 4.74 Å². The van der Waals surface area contributed by atoms with Gasteiger partial charge in [-0.15, -0.1) is 0 Å². The fourth-order valence-electron chi connectivity index (χ4n) is 2.53. The number of hydrogen-bond acceptors (Lipinski definition) is 2. The Labute approximate surface area is 98.0 Å². The molecule has 1 saturated carbocycles. The van der Waals surface area contributed by atoms with Crippen LogP contribution in [0.3, 0.4) is 0 Å². The van der Waals surface area contributed by atoms with Crippen molar-refractivity contribution in [1.82, 2.24) is 5.32 Å². The van der Waals surface area contributed by atoms with Crippen molar-refractivity contribution in [1.29, 1.82) is 0 Å². The number of para-hydroxylation sites is 1. The molecule has 1 N–H and O–H groups in total. The van der Waals surface area contributed by atoms with Crippen molar-refractivity contribution in [2.75, 3.05) is 7.11 Å². The van der Waals surface area contributed by atoms with E-state index in [0.29, 0.717) is 6.04 Å². The maximum absolute atomic E-state index is 5.45. The maximum Gasteiger partial charge on any atom is 0.126 e. The van der Waals surface area contributed by atoms with Crippen LogP contribution in [0.1, 0.15) is 36.8 Å². The van der Waals surface area contributed by atoms with E-state index >= 15 is 0 Å². The summed E-state index contributed by atoms with van der Waals surface area (Å²) < 4.78 is 5.45. The van der Waals surface area contributed by atoms with Crippen LogP contribution in [0, 0.1) is 6.92 Å². The van der Waals surface area contributed by atoms with Gasteiger partial charge in [0.15, 0.2) is 0 Å². The van der Waals surface area contributed by atoms with Gasteiger partial charge in [-0.25, -0.2) is 0 Å². The summed E-state index contributed by atoms with van der Waals surface area (Å²) in [7, 11) is 1.75. The number of aryl methyl sites for hydroxylation is 1. The van der Waals surface area contributed by atoms with Crippen molar-refractivity contribution in [3.05, 3.63) is 29.3 Å². The van der Waals surface area contributed by atoms with Crippen molar-refractivity contribution < 1.29 is 4.74 Å². The lowest BCUT2D eigenvalue weighted by Crippen LogP contribution is -2.25. The Balaban J connectivity index is 2.00. The van der Waals surface area contributed by atoms with Crippen LogP contribution in [-0.4, -0.2) is 13.2 Å². The predicted octanol–water partition coefficient (Wildman–Crippen LogP) is 3.04. The summed E-state index contributed by atoms with van der Waals surface area (Å²) in [6.07, 6.45) is 5.41. The average Bonchev–Trinajstić information content (AvgIpc) is 2.79. The van der Waals surface area contributed by atoms with Gasteiger partial charge in [-0.1, -0.05) is 31.0 Å². The van der Waals surface area contributed by atoms with Crippen LogP contribution >= 0.6 is 0 Å². The van der Waals surface area contributed by atoms with E-state index in [1.165, 1.54) is 36.8 Å². The van der Waals surface area contributed by atoms with E-state index in [1.54, 1.807) is 7.11 Å². The van der Waals surface area contributed by atoms with Crippen LogP contribution in [-0.2, 0) is 6.54 Å². The van der Waals surface area contributed by atoms with Crippen LogP contribution in [0.4, 0.5) is 0 Å². The van der Waals surface area contributed by atoms with Gasteiger partial charge in [0.05, 0.1) is 7.11 Å². The van der Waals surface area contributed by atoms with Crippen LogP contribution in [0.2, 0.25) is 0 Å². The lowest BCUT2D eigenvalue weighted by molar-refractivity contribution is 0.402. The zero-order chi connectivity index (χ0) is 11.4. The summed E-state index contributed by atoms with van der Waals surface area (Å²) in [6, 6.07) is 7.06. The first-order chi connectivity index (χ1) is 7.81. The second-order valence-electron chi connectivity index (χ2n) is 4.63. The largest absolute Gasteiger partial charge is 0.496 e. The minimum atomic E-state index is 0.713. The molecular weight excluding hydrogens is 198 g/mol. The van der Waals surface area contributed by atoms with Gasteiger partial charge in [0, 0.05) is 18.2 Å². The molecule has 2 heteroatoms. The van der Waals surface area contributed by atoms with E-state index in [1.807, 2.05) is 0 Å². The molecule has 1 aromatic rings. The first kappa shape index (κ1) is 11.5. The molecule has 88 valence electrons. The van der Waals surface area contributed by atoms with Crippen molar-refractivity contribution in [3.63, 3.8) is 0 Å². The molecule has 0 spiro atoms. The summed E-state index contributed by atoms with van der Waals surface area (Å²) >= 11 is 0. The molecule has 0 unspecified atom stereocenters. The third kappa shape index (κ3) is 2.56. The fraction of sp³-hybridized carbons (Fsp3) is 0.571. The average molecular weight is 219 g/mol. The standard InChI is InChI=1S/C14H21NO/c1-11-6-5-7-12(14(11)16-2)10-15-13-8-3-4-9-13/h5-7,13,15H,3-4,8-10H2,1-2H3. The van der Waals surface area contributed by atoms with Gasteiger partial charge in [0.25, 0.3) is 0 Å². The summed E-state index contributed by atoms with van der Waals surface area (Å²) in [5.74, 6) is 1.04. The SMILES string of the molecule is COc1c(C)cccc1CNC1CCCC1. The molecule has 0 aromatic heterocycles. The van der Waals surface area contributed by atoms with E-state index in [2.05, 4.69) is 30.4 Å². The molecule has 1 aliphatic rings. The lowest BCUT2D eigenvalue weighted by atomic mass is 10.1. The van der Waals surface area contributed by atoms with Gasteiger partial charge < -0.3 is 10.1 Å². The van der Waals surface area contributed by atoms with Crippen LogP contribution in [0.15, 0.2) is 18.2 Å². The molecule has 0 aliphatic heterocycles. The Bertz CT molecular complexity index is 343. The highest BCUT2D eigenvalue weighted by Gasteiger charge is 2.14. The highest BCUT2D eigenvalue weighted by Crippen LogP contribution is 2.24. The number of hydrogen-bond donors (Lipinski definition) is 1. The Morgan fingerprint density at radius 3 is 2.75 bits per heavy atom. The summed E-state index contributed by atoms with van der Waals surface area (Å²) in [4.78, 5) is 0. The smallest absolute Gasteiger partial charge is 0.126 e. The van der Waals surface area contributed by atoms with Crippen molar-refractivity contribution in [2.24, 2.45) is 0 Å². The van der Waals surface area contributed by atoms with E-state index in [9.17, 15) is 0 Å². The molecule has 0 saturated heterocycles. The Hall–Kier alpha value is -1.02. The molecule has 0 heterocycles. The zero-order valence-electron chi connectivity index (χ0n) is 10.3. The van der Waals surface area contributed by atoms with Crippen molar-refractivity contribution in [2.45, 2.75) is 45.2 Å². The third-order valence-electron chi connectivity index (χ3n) is 3.43. The molecule has 1 fully saturated rings. The number of nitrogens with one attached hydrogen (secondary N) is 1. The molecular formula is C14H21NO. The van der Waals surface area contributed by atoms with E-state index in [-0.39, 0.29) is 0 Å². The van der Waals surface area contributed by atoms with Gasteiger partial charge in [0.1, 0.15) is 5.75 Å². The van der Waals surface area contributed by atoms with Crippen molar-refractivity contribution >= 4 is 0 Å². The number of rotatable bonds is 4. The van der Waals surface area contributed by atoms with Crippen LogP contribution in [0.25, 0.3) is 0 Å². The van der Waals surface area contributed by atoms with Gasteiger partial charge >= 0.3 is 0 Å². The van der Waals surface area contributed by atoms with Gasteiger partial charge in [-0.3, -0.25) is 0 Å². The molecule has 2 nitrogen and oxygen atoms in total. The minimum absolute atomic E-state index is 0.713. The fourth-order valence-corrected chi connectivity index (χ4v) is 2.53. The highest BCUT2D eigenvalue weighted by atomic mass is 16.5. The van der Waals surface area contributed by atoms with Crippen LogP contribution in [0.5, 0.6) is 5.75 Å². The molecule has 0 radical (unpaired) electrons. The first-order valence-corrected chi connectivity index (χ1v) is 6.17. The molecule has 0 bridgehead atoms. The predicted molar refractivity (Wildman–Crippen MR) is 66.8 cm³/mol. The van der Waals surface area contributed by atoms with Gasteiger partial charge in [-0.05, 0) is 25.3 Å². The summed E-state index contributed by atoms with van der Waals surface area (Å²) in [5.41, 5.74) is 2.49. The van der Waals surface area contributed by atoms with Crippen LogP contribution < -0.4 is 10.1 Å². The molecule has 1 aromatic carbocycles. The second-order valence-corrected chi connectivity index (χ2v) is 4.63. The van der Waals surface area contributed by atoms with Crippen molar-refractivity contribution in [3.8, 4) is 5.75 Å². The van der Waals surface area contributed by atoms with E-state index < -0.39 is 0 Å². The third-order valence-corrected chi connectivity index (χ3v) is 3.43. The van der Waals surface area contributed by atoms with Gasteiger partial charge in [-0.2, -0.15) is 0 Å². The maximum atomic E-state index is 5.45. The molecule has 0 atom stereocenters. The van der Waals surface area contributed by atoms with Gasteiger partial charge in [0.2, 0.25) is 0 Å². The Kier molecular flexibility index (Phi) is 3.83. The zero-order valence-corrected chi connectivity index (χ0v) is 10.3. The molecule has 0 amide bonds. The number of benzene rings is 1. The summed E-state index contributed by atoms with van der Waals surface area (Å²) in [5, 5.41) is 3.62. The second kappa shape index (κ2) is 5.35. The highest BCUT2D eigenvalue weighted by molar-refractivity contribution is 5.40. The molecule has 1 aliphatic carbocycles. The topological polar surface area (TPSA) is 21.3 Å². The van der Waals surface area contributed by atoms with E-state index in [0.717, 1.165) is 12.3 Å². The lowest BCUT2D eigenvalue weighted by Gasteiger charge is -2.15. The number of ether oxygens (including phenoxy) is 1. The molecule has 16 heavy (non-hydrogen) atoms. The monoisotopic (exact) mass is 219 g/mol. The number of methoxy groups -OCH3 is 1. The molecule has 2 rings (SSSR count). The minimum Gasteiger partial charge on any atom is -0.496 e. The quantitative estimate of drug-likeness (QED) is 0.840. The first-order valence-electron chi connectivity index (χ1n) is 6.17. The normalized spacial score (nSPS) is 16.6.